The average molecular weight is 273 g/mol. The number of hydrogen-bond donors (Lipinski definition) is 1. The normalized spacial score (nSPS) is 17.5. The van der Waals surface area contributed by atoms with E-state index in [9.17, 15) is 13.2 Å². The first kappa shape index (κ1) is 14.1. The summed E-state index contributed by atoms with van der Waals surface area (Å²) in [6.45, 7) is 2.71. The molecule has 0 radical (unpaired) electrons. The largest absolute Gasteiger partial charge is 0.416 e. The third-order valence-corrected chi connectivity index (χ3v) is 3.45. The number of nitrogens with one attached hydrogen (secondary N) is 1. The Kier molecular flexibility index (Phi) is 4.29. The summed E-state index contributed by atoms with van der Waals surface area (Å²) < 4.78 is 37.9. The van der Waals surface area contributed by atoms with Gasteiger partial charge < -0.3 is 10.2 Å². The monoisotopic (exact) mass is 273 g/mol. The molecule has 2 rings (SSSR count). The van der Waals surface area contributed by atoms with Crippen LogP contribution < -0.4 is 10.2 Å². The molecule has 1 N–H and O–H groups in total. The number of nitrogens with zero attached hydrogens (tertiary/aromatic N) is 2. The highest BCUT2D eigenvalue weighted by Crippen LogP contribution is 2.30. The molecular weight excluding hydrogens is 255 g/mol. The van der Waals surface area contributed by atoms with Crippen LogP contribution in [0, 0.1) is 5.92 Å². The second-order valence-electron chi connectivity index (χ2n) is 4.97. The summed E-state index contributed by atoms with van der Waals surface area (Å²) in [6.07, 6.45) is -0.975. The van der Waals surface area contributed by atoms with Gasteiger partial charge in [0.2, 0.25) is 0 Å². The molecule has 106 valence electrons. The van der Waals surface area contributed by atoms with Crippen LogP contribution in [-0.2, 0) is 6.18 Å². The molecule has 1 aromatic heterocycles. The minimum atomic E-state index is -4.31. The van der Waals surface area contributed by atoms with E-state index in [0.29, 0.717) is 11.7 Å². The van der Waals surface area contributed by atoms with Gasteiger partial charge in [0.05, 0.1) is 5.56 Å². The van der Waals surface area contributed by atoms with Gasteiger partial charge in [0.1, 0.15) is 5.82 Å². The van der Waals surface area contributed by atoms with E-state index >= 15 is 0 Å². The number of pyridine rings is 1. The van der Waals surface area contributed by atoms with Crippen LogP contribution in [0.1, 0.15) is 18.4 Å². The molecule has 0 bridgehead atoms. The molecule has 1 fully saturated rings. The summed E-state index contributed by atoms with van der Waals surface area (Å²) >= 11 is 0. The topological polar surface area (TPSA) is 28.2 Å². The van der Waals surface area contributed by atoms with E-state index in [-0.39, 0.29) is 0 Å². The Morgan fingerprint density at radius 3 is 2.68 bits per heavy atom. The Balaban J connectivity index is 2.04. The maximum atomic E-state index is 12.6. The highest BCUT2D eigenvalue weighted by Gasteiger charge is 2.31. The zero-order valence-electron chi connectivity index (χ0n) is 10.9. The summed E-state index contributed by atoms with van der Waals surface area (Å²) in [5.74, 6) is 0.899. The Hall–Kier alpha value is -1.30. The fraction of sp³-hybridized carbons (Fsp3) is 0.615. The van der Waals surface area contributed by atoms with Gasteiger partial charge in [-0.2, -0.15) is 13.2 Å². The fourth-order valence-electron chi connectivity index (χ4n) is 2.35. The van der Waals surface area contributed by atoms with Crippen LogP contribution in [0.5, 0.6) is 0 Å². The molecule has 0 aliphatic carbocycles. The molecule has 3 nitrogen and oxygen atoms in total. The molecule has 1 aliphatic heterocycles. The predicted molar refractivity (Wildman–Crippen MR) is 68.1 cm³/mol. The number of aromatic nitrogens is 1. The Bertz CT molecular complexity index is 414. The van der Waals surface area contributed by atoms with Gasteiger partial charge in [-0.3, -0.25) is 0 Å². The summed E-state index contributed by atoms with van der Waals surface area (Å²) in [4.78, 5) is 5.84. The lowest BCUT2D eigenvalue weighted by molar-refractivity contribution is -0.137. The number of alkyl halides is 3. The number of piperidine rings is 1. The van der Waals surface area contributed by atoms with E-state index in [1.54, 1.807) is 7.05 Å². The highest BCUT2D eigenvalue weighted by molar-refractivity contribution is 5.41. The quantitative estimate of drug-likeness (QED) is 0.917. The smallest absolute Gasteiger partial charge is 0.359 e. The highest BCUT2D eigenvalue weighted by atomic mass is 19.4. The van der Waals surface area contributed by atoms with Gasteiger partial charge in [-0.1, -0.05) is 0 Å². The van der Waals surface area contributed by atoms with E-state index in [2.05, 4.69) is 10.3 Å². The molecule has 1 saturated heterocycles. The summed E-state index contributed by atoms with van der Waals surface area (Å²) in [5, 5.41) is 3.27. The van der Waals surface area contributed by atoms with E-state index in [0.717, 1.165) is 44.6 Å². The van der Waals surface area contributed by atoms with Crippen molar-refractivity contribution in [2.45, 2.75) is 19.0 Å². The van der Waals surface area contributed by atoms with E-state index in [1.807, 2.05) is 4.90 Å². The van der Waals surface area contributed by atoms with Crippen LogP contribution >= 0.6 is 0 Å². The maximum absolute atomic E-state index is 12.6. The van der Waals surface area contributed by atoms with Crippen LogP contribution in [-0.4, -0.2) is 31.7 Å². The molecule has 0 aromatic carbocycles. The van der Waals surface area contributed by atoms with Crippen LogP contribution in [0.3, 0.4) is 0 Å². The number of rotatable bonds is 3. The summed E-state index contributed by atoms with van der Waals surface area (Å²) in [7, 11) is 1.80. The SMILES string of the molecule is CN(CC1CCNCC1)c1cc(C(F)(F)F)ccn1. The molecule has 0 spiro atoms. The van der Waals surface area contributed by atoms with Crippen LogP contribution in [0.25, 0.3) is 0 Å². The third-order valence-electron chi connectivity index (χ3n) is 3.45. The zero-order valence-corrected chi connectivity index (χ0v) is 10.9. The lowest BCUT2D eigenvalue weighted by atomic mass is 9.98. The summed E-state index contributed by atoms with van der Waals surface area (Å²) in [6, 6.07) is 2.11. The fourth-order valence-corrected chi connectivity index (χ4v) is 2.35. The lowest BCUT2D eigenvalue weighted by Gasteiger charge is -2.28. The maximum Gasteiger partial charge on any atom is 0.416 e. The van der Waals surface area contributed by atoms with Gasteiger partial charge in [0.15, 0.2) is 0 Å². The Morgan fingerprint density at radius 2 is 2.05 bits per heavy atom. The van der Waals surface area contributed by atoms with Crippen molar-refractivity contribution in [3.8, 4) is 0 Å². The lowest BCUT2D eigenvalue weighted by Crippen LogP contribution is -2.34. The van der Waals surface area contributed by atoms with Crippen molar-refractivity contribution in [3.63, 3.8) is 0 Å². The Labute approximate surface area is 110 Å². The molecule has 19 heavy (non-hydrogen) atoms. The van der Waals surface area contributed by atoms with Crippen LogP contribution in [0.4, 0.5) is 19.0 Å². The minimum absolute atomic E-state index is 0.383. The van der Waals surface area contributed by atoms with Crippen molar-refractivity contribution in [3.05, 3.63) is 23.9 Å². The molecule has 0 unspecified atom stereocenters. The Morgan fingerprint density at radius 1 is 1.37 bits per heavy atom. The van der Waals surface area contributed by atoms with Gasteiger partial charge >= 0.3 is 6.18 Å². The number of hydrogen-bond acceptors (Lipinski definition) is 3. The van der Waals surface area contributed by atoms with E-state index in [4.69, 9.17) is 0 Å². The van der Waals surface area contributed by atoms with Gasteiger partial charge in [-0.05, 0) is 44.0 Å². The van der Waals surface area contributed by atoms with Gasteiger partial charge in [-0.25, -0.2) is 4.98 Å². The molecule has 1 aliphatic rings. The third kappa shape index (κ3) is 3.83. The van der Waals surface area contributed by atoms with Gasteiger partial charge in [-0.15, -0.1) is 0 Å². The predicted octanol–water partition coefficient (Wildman–Crippen LogP) is 2.54. The molecule has 1 aromatic rings. The van der Waals surface area contributed by atoms with Crippen molar-refractivity contribution in [2.75, 3.05) is 31.6 Å². The van der Waals surface area contributed by atoms with Gasteiger partial charge in [0, 0.05) is 19.8 Å². The molecule has 0 amide bonds. The standard InChI is InChI=1S/C13H18F3N3/c1-19(9-10-2-5-17-6-3-10)12-8-11(4-7-18-12)13(14,15)16/h4,7-8,10,17H,2-3,5-6,9H2,1H3. The van der Waals surface area contributed by atoms with Crippen molar-refractivity contribution < 1.29 is 13.2 Å². The first-order chi connectivity index (χ1) is 8.97. The molecular formula is C13H18F3N3. The summed E-state index contributed by atoms with van der Waals surface area (Å²) in [5.41, 5.74) is -0.644. The van der Waals surface area contributed by atoms with Gasteiger partial charge in [0.25, 0.3) is 0 Å². The first-order valence-electron chi connectivity index (χ1n) is 6.42. The molecule has 0 atom stereocenters. The van der Waals surface area contributed by atoms with Crippen molar-refractivity contribution in [1.29, 1.82) is 0 Å². The van der Waals surface area contributed by atoms with Crippen LogP contribution in [0.15, 0.2) is 18.3 Å². The van der Waals surface area contributed by atoms with Crippen LogP contribution in [0.2, 0.25) is 0 Å². The second-order valence-corrected chi connectivity index (χ2v) is 4.97. The second kappa shape index (κ2) is 5.77. The molecule has 6 heteroatoms. The van der Waals surface area contributed by atoms with Crippen molar-refractivity contribution in [2.24, 2.45) is 5.92 Å². The van der Waals surface area contributed by atoms with E-state index in [1.165, 1.54) is 6.20 Å². The number of anilines is 1. The average Bonchev–Trinajstić information content (AvgIpc) is 2.39. The van der Waals surface area contributed by atoms with E-state index < -0.39 is 11.7 Å². The number of halogens is 3. The molecule has 2 heterocycles. The zero-order chi connectivity index (χ0) is 13.9. The molecule has 0 saturated carbocycles. The van der Waals surface area contributed by atoms with Crippen molar-refractivity contribution >= 4 is 5.82 Å². The minimum Gasteiger partial charge on any atom is -0.359 e. The first-order valence-corrected chi connectivity index (χ1v) is 6.42. The van der Waals surface area contributed by atoms with Crippen molar-refractivity contribution in [1.82, 2.24) is 10.3 Å².